The first-order valence-electron chi connectivity index (χ1n) is 8.91. The highest BCUT2D eigenvalue weighted by molar-refractivity contribution is 7.80. The topological polar surface area (TPSA) is 173 Å². The molecule has 0 unspecified atom stereocenters. The smallest absolute Gasteiger partial charge is 0.418 e. The Bertz CT molecular complexity index is 649. The van der Waals surface area contributed by atoms with E-state index in [9.17, 15) is 22.8 Å². The number of hydroxylamine groups is 2. The molecule has 0 saturated carbocycles. The molecule has 0 aliphatic rings. The van der Waals surface area contributed by atoms with Crippen LogP contribution in [0.4, 0.5) is 9.59 Å². The molecule has 0 aromatic carbocycles. The van der Waals surface area contributed by atoms with Gasteiger partial charge in [0.1, 0.15) is 11.6 Å². The fourth-order valence-electron chi connectivity index (χ4n) is 2.06. The lowest BCUT2D eigenvalue weighted by molar-refractivity contribution is -0.138. The van der Waals surface area contributed by atoms with Crippen LogP contribution in [0.15, 0.2) is 0 Å². The molecule has 0 fully saturated rings. The molecule has 29 heavy (non-hydrogen) atoms. The second-order valence-corrected chi connectivity index (χ2v) is 7.77. The highest BCUT2D eigenvalue weighted by atomic mass is 32.3. The molecule has 0 aromatic rings. The minimum Gasteiger partial charge on any atom is -0.444 e. The van der Waals surface area contributed by atoms with Gasteiger partial charge in [0.15, 0.2) is 0 Å². The summed E-state index contributed by atoms with van der Waals surface area (Å²) in [4.78, 5) is 41.9. The summed E-state index contributed by atoms with van der Waals surface area (Å²) in [5, 5.41) is 2.44. The largest absolute Gasteiger partial charge is 0.444 e. The predicted molar refractivity (Wildman–Crippen MR) is 101 cm³/mol. The molecule has 14 heteroatoms. The summed E-state index contributed by atoms with van der Waals surface area (Å²) < 4.78 is 38.5. The summed E-state index contributed by atoms with van der Waals surface area (Å²) in [6, 6.07) is -2.03. The van der Waals surface area contributed by atoms with Crippen molar-refractivity contribution < 1.29 is 41.2 Å². The number of alkyl carbamates (subject to hydrolysis) is 1. The molecular weight excluding hydrogens is 412 g/mol. The maximum atomic E-state index is 12.3. The van der Waals surface area contributed by atoms with Crippen LogP contribution in [0, 0.1) is 0 Å². The Balaban J connectivity index is 4.60. The molecule has 0 radical (unpaired) electrons. The van der Waals surface area contributed by atoms with E-state index >= 15 is 0 Å². The van der Waals surface area contributed by atoms with E-state index in [1.165, 1.54) is 0 Å². The molecule has 0 aliphatic heterocycles. The third-order valence-electron chi connectivity index (χ3n) is 3.12. The van der Waals surface area contributed by atoms with Crippen molar-refractivity contribution in [2.45, 2.75) is 59.1 Å². The minimum atomic E-state index is -4.89. The molecule has 0 aromatic heterocycles. The van der Waals surface area contributed by atoms with E-state index in [0.29, 0.717) is 6.42 Å². The van der Waals surface area contributed by atoms with Crippen LogP contribution in [0.5, 0.6) is 0 Å². The number of hydrogen-bond acceptors (Lipinski definition) is 8. The number of ether oxygens (including phenoxy) is 1. The maximum absolute atomic E-state index is 12.3. The number of rotatable bonds is 11. The summed E-state index contributed by atoms with van der Waals surface area (Å²) in [6.45, 7) is 8.54. The zero-order chi connectivity index (χ0) is 22.7. The highest BCUT2D eigenvalue weighted by Crippen LogP contribution is 2.09. The van der Waals surface area contributed by atoms with Crippen molar-refractivity contribution in [1.82, 2.24) is 21.2 Å². The van der Waals surface area contributed by atoms with Gasteiger partial charge in [-0.2, -0.15) is 13.9 Å². The molecule has 4 N–H and O–H groups in total. The van der Waals surface area contributed by atoms with E-state index in [2.05, 4.69) is 15.1 Å². The van der Waals surface area contributed by atoms with Gasteiger partial charge in [-0.3, -0.25) is 14.2 Å². The Morgan fingerprint density at radius 3 is 2.24 bits per heavy atom. The van der Waals surface area contributed by atoms with Gasteiger partial charge in [0, 0.05) is 13.1 Å². The molecule has 4 amide bonds. The van der Waals surface area contributed by atoms with Gasteiger partial charge >= 0.3 is 22.5 Å². The predicted octanol–water partition coefficient (Wildman–Crippen LogP) is 0.494. The molecule has 0 saturated heterocycles. The first-order chi connectivity index (χ1) is 13.3. The quantitative estimate of drug-likeness (QED) is 0.202. The number of hydrogen-bond donors (Lipinski definition) is 4. The Hall–Kier alpha value is -2.16. The summed E-state index contributed by atoms with van der Waals surface area (Å²) in [5.74, 6) is -0.659. The van der Waals surface area contributed by atoms with Crippen LogP contribution in [-0.4, -0.2) is 67.2 Å². The SMILES string of the molecule is CCC[C@@H](C(=O)NOCCNC(=O)OC(C)(C)C)N(CC)C(=O)NOS(=O)(=O)O. The number of nitrogens with zero attached hydrogens (tertiary/aromatic N) is 1. The van der Waals surface area contributed by atoms with Crippen molar-refractivity contribution in [3.63, 3.8) is 0 Å². The van der Waals surface area contributed by atoms with E-state index in [0.717, 1.165) is 4.90 Å². The van der Waals surface area contributed by atoms with Gasteiger partial charge < -0.3 is 15.0 Å². The summed E-state index contributed by atoms with van der Waals surface area (Å²) in [5.41, 5.74) is 3.07. The Kier molecular flexibility index (Phi) is 11.5. The van der Waals surface area contributed by atoms with Crippen LogP contribution in [0.3, 0.4) is 0 Å². The van der Waals surface area contributed by atoms with Crippen LogP contribution in [0.1, 0.15) is 47.5 Å². The van der Waals surface area contributed by atoms with Gasteiger partial charge in [-0.25, -0.2) is 15.1 Å². The number of urea groups is 1. The van der Waals surface area contributed by atoms with Crippen molar-refractivity contribution in [3.05, 3.63) is 0 Å². The molecule has 0 bridgehead atoms. The van der Waals surface area contributed by atoms with Crippen LogP contribution in [-0.2, 0) is 29.1 Å². The van der Waals surface area contributed by atoms with Crippen molar-refractivity contribution in [1.29, 1.82) is 0 Å². The van der Waals surface area contributed by atoms with E-state index < -0.39 is 40.1 Å². The van der Waals surface area contributed by atoms with Gasteiger partial charge in [0.05, 0.1) is 6.61 Å². The van der Waals surface area contributed by atoms with Crippen molar-refractivity contribution in [2.24, 2.45) is 0 Å². The number of carbonyl (C=O) groups excluding carboxylic acids is 3. The first-order valence-corrected chi connectivity index (χ1v) is 10.3. The second kappa shape index (κ2) is 12.4. The standard InChI is InChI=1S/C15H30N4O9S/c1-6-8-11(19(7-2)13(21)18-28-29(23,24)25)12(20)17-26-10-9-16-14(22)27-15(3,4)5/h11H,6-10H2,1-5H3,(H,16,22)(H,17,20)(H,18,21)(H,23,24,25)/t11-/m0/s1. The fourth-order valence-corrected chi connectivity index (χ4v) is 2.24. The van der Waals surface area contributed by atoms with E-state index in [1.807, 2.05) is 0 Å². The number of likely N-dealkylation sites (N-methyl/N-ethyl adjacent to an activating group) is 1. The molecule has 0 heterocycles. The summed E-state index contributed by atoms with van der Waals surface area (Å²) in [6.07, 6.45) is 0.142. The van der Waals surface area contributed by atoms with Gasteiger partial charge in [-0.15, -0.1) is 4.28 Å². The molecule has 0 spiro atoms. The normalized spacial score (nSPS) is 12.6. The Morgan fingerprint density at radius 2 is 1.76 bits per heavy atom. The van der Waals surface area contributed by atoms with Gasteiger partial charge in [-0.05, 0) is 34.1 Å². The average Bonchev–Trinajstić information content (AvgIpc) is 2.57. The zero-order valence-electron chi connectivity index (χ0n) is 17.2. The Morgan fingerprint density at radius 1 is 1.14 bits per heavy atom. The molecule has 13 nitrogen and oxygen atoms in total. The molecule has 0 aliphatic carbocycles. The second-order valence-electron chi connectivity index (χ2n) is 6.75. The van der Waals surface area contributed by atoms with Crippen LogP contribution in [0.2, 0.25) is 0 Å². The number of amides is 4. The van der Waals surface area contributed by atoms with Gasteiger partial charge in [-0.1, -0.05) is 13.3 Å². The number of carbonyl (C=O) groups is 3. The lowest BCUT2D eigenvalue weighted by Crippen LogP contribution is -2.53. The van der Waals surface area contributed by atoms with Crippen LogP contribution < -0.4 is 16.3 Å². The lowest BCUT2D eigenvalue weighted by Gasteiger charge is -2.29. The maximum Gasteiger partial charge on any atom is 0.418 e. The monoisotopic (exact) mass is 442 g/mol. The summed E-state index contributed by atoms with van der Waals surface area (Å²) in [7, 11) is -4.89. The van der Waals surface area contributed by atoms with Crippen molar-refractivity contribution >= 4 is 28.4 Å². The van der Waals surface area contributed by atoms with Gasteiger partial charge in [0.2, 0.25) is 0 Å². The fraction of sp³-hybridized carbons (Fsp3) is 0.800. The van der Waals surface area contributed by atoms with Crippen molar-refractivity contribution in [3.8, 4) is 0 Å². The first kappa shape index (κ1) is 26.8. The van der Waals surface area contributed by atoms with Crippen LogP contribution in [0.25, 0.3) is 0 Å². The third kappa shape index (κ3) is 12.8. The van der Waals surface area contributed by atoms with E-state index in [-0.39, 0.29) is 26.1 Å². The minimum absolute atomic E-state index is 0.0406. The lowest BCUT2D eigenvalue weighted by atomic mass is 10.1. The van der Waals surface area contributed by atoms with E-state index in [1.54, 1.807) is 40.1 Å². The zero-order valence-corrected chi connectivity index (χ0v) is 18.0. The highest BCUT2D eigenvalue weighted by Gasteiger charge is 2.29. The summed E-state index contributed by atoms with van der Waals surface area (Å²) >= 11 is 0. The molecule has 170 valence electrons. The molecule has 0 rings (SSSR count). The Labute approximate surface area is 170 Å². The number of nitrogens with one attached hydrogen (secondary N) is 3. The van der Waals surface area contributed by atoms with Gasteiger partial charge in [0.25, 0.3) is 5.91 Å². The van der Waals surface area contributed by atoms with E-state index in [4.69, 9.17) is 14.1 Å². The molecule has 1 atom stereocenters. The van der Waals surface area contributed by atoms with Crippen molar-refractivity contribution in [2.75, 3.05) is 19.7 Å². The molecular formula is C15H30N4O9S. The van der Waals surface area contributed by atoms with Crippen LogP contribution >= 0.6 is 0 Å². The third-order valence-corrected chi connectivity index (χ3v) is 3.42. The average molecular weight is 442 g/mol.